The average molecular weight is 397 g/mol. The van der Waals surface area contributed by atoms with E-state index in [1.54, 1.807) is 18.4 Å². The standard InChI is InChI=1S/C25H19NO2S/c1-28-20-7-4-5-16(9-20)10-23(27)18-11-19-14-26-15-22(19)21(12-18)25-13-17-6-2-3-8-24(17)29-25/h2-9,11-14H,10,15H2,1H3. The summed E-state index contributed by atoms with van der Waals surface area (Å²) < 4.78 is 6.53. The van der Waals surface area contributed by atoms with Crippen molar-refractivity contribution in [1.29, 1.82) is 0 Å². The van der Waals surface area contributed by atoms with Crippen molar-refractivity contribution in [3.8, 4) is 16.2 Å². The molecule has 0 fully saturated rings. The van der Waals surface area contributed by atoms with Gasteiger partial charge in [0.15, 0.2) is 5.78 Å². The monoisotopic (exact) mass is 397 g/mol. The fourth-order valence-corrected chi connectivity index (χ4v) is 4.89. The Kier molecular flexibility index (Phi) is 4.49. The highest BCUT2D eigenvalue weighted by molar-refractivity contribution is 7.22. The molecule has 3 aromatic carbocycles. The van der Waals surface area contributed by atoms with Gasteiger partial charge in [-0.3, -0.25) is 9.79 Å². The van der Waals surface area contributed by atoms with Crippen LogP contribution in [0.4, 0.5) is 0 Å². The summed E-state index contributed by atoms with van der Waals surface area (Å²) in [6, 6.07) is 22.3. The first-order chi connectivity index (χ1) is 14.2. The quantitative estimate of drug-likeness (QED) is 0.391. The number of ketones is 1. The topological polar surface area (TPSA) is 38.7 Å². The number of rotatable bonds is 5. The molecular formula is C25H19NO2S. The Hall–Kier alpha value is -3.24. The number of carbonyl (C=O) groups is 1. The third-order valence-corrected chi connectivity index (χ3v) is 6.43. The molecule has 0 spiro atoms. The SMILES string of the molecule is COc1cccc(CC(=O)c2cc3c(c(-c4cc5ccccc5s4)c2)CN=C3)c1. The van der Waals surface area contributed by atoms with Gasteiger partial charge in [0.05, 0.1) is 13.7 Å². The lowest BCUT2D eigenvalue weighted by Crippen LogP contribution is -2.06. The lowest BCUT2D eigenvalue weighted by atomic mass is 9.94. The molecule has 1 aliphatic heterocycles. The number of benzene rings is 3. The highest BCUT2D eigenvalue weighted by atomic mass is 32.1. The summed E-state index contributed by atoms with van der Waals surface area (Å²) >= 11 is 1.76. The van der Waals surface area contributed by atoms with E-state index >= 15 is 0 Å². The number of carbonyl (C=O) groups excluding carboxylic acids is 1. The minimum absolute atomic E-state index is 0.101. The Morgan fingerprint density at radius 3 is 2.83 bits per heavy atom. The van der Waals surface area contributed by atoms with E-state index in [-0.39, 0.29) is 5.78 Å². The van der Waals surface area contributed by atoms with E-state index in [4.69, 9.17) is 4.74 Å². The lowest BCUT2D eigenvalue weighted by Gasteiger charge is -2.10. The zero-order valence-corrected chi connectivity index (χ0v) is 16.8. The van der Waals surface area contributed by atoms with Crippen LogP contribution in [0.15, 0.2) is 71.7 Å². The Balaban J connectivity index is 1.55. The van der Waals surface area contributed by atoms with Crippen LogP contribution in [0.2, 0.25) is 0 Å². The Bertz CT molecular complexity index is 1240. The van der Waals surface area contributed by atoms with Gasteiger partial charge in [-0.25, -0.2) is 0 Å². The fraction of sp³-hybridized carbons (Fsp3) is 0.120. The van der Waals surface area contributed by atoms with Crippen molar-refractivity contribution >= 4 is 33.4 Å². The van der Waals surface area contributed by atoms with Crippen LogP contribution in [0.25, 0.3) is 20.5 Å². The second-order valence-electron chi connectivity index (χ2n) is 7.16. The van der Waals surface area contributed by atoms with Crippen molar-refractivity contribution in [3.05, 3.63) is 89.0 Å². The summed E-state index contributed by atoms with van der Waals surface area (Å²) in [5.41, 5.74) is 5.05. The van der Waals surface area contributed by atoms with Gasteiger partial charge in [0, 0.05) is 27.8 Å². The second-order valence-corrected chi connectivity index (χ2v) is 8.25. The molecule has 0 bridgehead atoms. The fourth-order valence-electron chi connectivity index (χ4n) is 3.79. The van der Waals surface area contributed by atoms with Crippen molar-refractivity contribution in [2.45, 2.75) is 13.0 Å². The molecule has 0 saturated carbocycles. The summed E-state index contributed by atoms with van der Waals surface area (Å²) in [7, 11) is 1.64. The van der Waals surface area contributed by atoms with E-state index in [9.17, 15) is 4.79 Å². The van der Waals surface area contributed by atoms with Crippen LogP contribution in [0.5, 0.6) is 5.75 Å². The van der Waals surface area contributed by atoms with E-state index in [2.05, 4.69) is 35.3 Å². The molecule has 0 unspecified atom stereocenters. The Morgan fingerprint density at radius 2 is 1.97 bits per heavy atom. The van der Waals surface area contributed by atoms with E-state index < -0.39 is 0 Å². The van der Waals surface area contributed by atoms with Crippen LogP contribution >= 0.6 is 11.3 Å². The van der Waals surface area contributed by atoms with Gasteiger partial charge in [-0.15, -0.1) is 11.3 Å². The number of nitrogens with zero attached hydrogens (tertiary/aromatic N) is 1. The molecule has 0 aliphatic carbocycles. The zero-order chi connectivity index (χ0) is 19.8. The van der Waals surface area contributed by atoms with Gasteiger partial charge < -0.3 is 4.74 Å². The largest absolute Gasteiger partial charge is 0.497 e. The summed E-state index contributed by atoms with van der Waals surface area (Å²) in [5, 5.41) is 1.23. The van der Waals surface area contributed by atoms with Crippen LogP contribution in [0.3, 0.4) is 0 Å². The first-order valence-electron chi connectivity index (χ1n) is 9.53. The molecule has 1 aliphatic rings. The predicted molar refractivity (Wildman–Crippen MR) is 120 cm³/mol. The molecule has 5 rings (SSSR count). The van der Waals surface area contributed by atoms with Crippen LogP contribution in [-0.2, 0) is 13.0 Å². The second kappa shape index (κ2) is 7.30. The van der Waals surface area contributed by atoms with Crippen LogP contribution in [0, 0.1) is 0 Å². The molecular weight excluding hydrogens is 378 g/mol. The third kappa shape index (κ3) is 3.36. The molecule has 142 valence electrons. The number of hydrogen-bond donors (Lipinski definition) is 0. The zero-order valence-electron chi connectivity index (χ0n) is 16.0. The minimum atomic E-state index is 0.101. The maximum absolute atomic E-state index is 13.1. The van der Waals surface area contributed by atoms with Crippen molar-refractivity contribution in [1.82, 2.24) is 0 Å². The molecule has 0 atom stereocenters. The molecule has 0 saturated heterocycles. The van der Waals surface area contributed by atoms with Gasteiger partial charge in [0.2, 0.25) is 0 Å². The van der Waals surface area contributed by atoms with E-state index in [0.717, 1.165) is 28.0 Å². The van der Waals surface area contributed by atoms with Gasteiger partial charge in [0.25, 0.3) is 0 Å². The van der Waals surface area contributed by atoms with Crippen molar-refractivity contribution in [2.75, 3.05) is 7.11 Å². The van der Waals surface area contributed by atoms with E-state index in [0.29, 0.717) is 13.0 Å². The van der Waals surface area contributed by atoms with E-state index in [1.807, 2.05) is 42.6 Å². The van der Waals surface area contributed by atoms with Gasteiger partial charge in [-0.2, -0.15) is 0 Å². The summed E-state index contributed by atoms with van der Waals surface area (Å²) in [4.78, 5) is 18.7. The van der Waals surface area contributed by atoms with Crippen LogP contribution in [-0.4, -0.2) is 19.1 Å². The van der Waals surface area contributed by atoms with Gasteiger partial charge in [-0.05, 0) is 64.0 Å². The lowest BCUT2D eigenvalue weighted by molar-refractivity contribution is 0.0993. The first kappa shape index (κ1) is 17.8. The maximum atomic E-state index is 13.1. The number of Topliss-reactive ketones (excluding diaryl/α,β-unsaturated/α-hetero) is 1. The summed E-state index contributed by atoms with van der Waals surface area (Å²) in [6.45, 7) is 0.670. The van der Waals surface area contributed by atoms with E-state index in [1.165, 1.54) is 20.5 Å². The van der Waals surface area contributed by atoms with Crippen LogP contribution < -0.4 is 4.74 Å². The minimum Gasteiger partial charge on any atom is -0.497 e. The van der Waals surface area contributed by atoms with Crippen LogP contribution in [0.1, 0.15) is 27.0 Å². The van der Waals surface area contributed by atoms with Crippen molar-refractivity contribution < 1.29 is 9.53 Å². The molecule has 4 aromatic rings. The third-order valence-electron chi connectivity index (χ3n) is 5.28. The molecule has 4 heteroatoms. The number of aliphatic imine (C=N–C) groups is 1. The summed E-state index contributed by atoms with van der Waals surface area (Å²) in [5.74, 6) is 0.867. The normalized spacial score (nSPS) is 12.3. The molecule has 29 heavy (non-hydrogen) atoms. The maximum Gasteiger partial charge on any atom is 0.167 e. The highest BCUT2D eigenvalue weighted by Crippen LogP contribution is 2.38. The molecule has 0 amide bonds. The predicted octanol–water partition coefficient (Wildman–Crippen LogP) is 5.93. The van der Waals surface area contributed by atoms with Crippen molar-refractivity contribution in [2.24, 2.45) is 4.99 Å². The number of fused-ring (bicyclic) bond motifs is 2. The van der Waals surface area contributed by atoms with Gasteiger partial charge in [-0.1, -0.05) is 30.3 Å². The summed E-state index contributed by atoms with van der Waals surface area (Å²) in [6.07, 6.45) is 2.23. The molecule has 2 heterocycles. The molecule has 1 aromatic heterocycles. The van der Waals surface area contributed by atoms with Gasteiger partial charge >= 0.3 is 0 Å². The Labute approximate surface area is 173 Å². The average Bonchev–Trinajstić information content (AvgIpc) is 3.39. The Morgan fingerprint density at radius 1 is 1.07 bits per heavy atom. The first-order valence-corrected chi connectivity index (χ1v) is 10.3. The number of thiophene rings is 1. The number of ether oxygens (including phenoxy) is 1. The number of methoxy groups -OCH3 is 1. The number of hydrogen-bond acceptors (Lipinski definition) is 4. The van der Waals surface area contributed by atoms with Gasteiger partial charge in [0.1, 0.15) is 5.75 Å². The highest BCUT2D eigenvalue weighted by Gasteiger charge is 2.19. The molecule has 0 radical (unpaired) electrons. The van der Waals surface area contributed by atoms with Crippen molar-refractivity contribution in [3.63, 3.8) is 0 Å². The molecule has 0 N–H and O–H groups in total. The smallest absolute Gasteiger partial charge is 0.167 e. The molecule has 3 nitrogen and oxygen atoms in total.